The maximum absolute atomic E-state index is 12.1. The van der Waals surface area contributed by atoms with Gasteiger partial charge in [0.1, 0.15) is 36.0 Å². The molecule has 1 aliphatic rings. The van der Waals surface area contributed by atoms with Gasteiger partial charge in [0.15, 0.2) is 0 Å². The van der Waals surface area contributed by atoms with E-state index in [4.69, 9.17) is 10.6 Å². The number of aliphatic imine (C=N–C) groups is 1. The number of aldehydes is 1. The van der Waals surface area contributed by atoms with Crippen LogP contribution in [0.25, 0.3) is 5.70 Å². The molecule has 0 aliphatic carbocycles. The van der Waals surface area contributed by atoms with Gasteiger partial charge in [0, 0.05) is 17.3 Å². The second-order valence-corrected chi connectivity index (χ2v) is 7.31. The van der Waals surface area contributed by atoms with Gasteiger partial charge in [-0.25, -0.2) is 10.8 Å². The Morgan fingerprint density at radius 3 is 2.66 bits per heavy atom. The number of hydrazine groups is 1. The average molecular weight is 438 g/mol. The van der Waals surface area contributed by atoms with Crippen molar-refractivity contribution in [2.75, 3.05) is 0 Å². The number of benzene rings is 2. The molecular formula is C23H26N4O5. The Hall–Kier alpha value is -3.85. The number of carbonyl (C=O) groups excluding carboxylic acids is 1. The molecule has 0 aromatic heterocycles. The normalized spacial score (nSPS) is 18.6. The second kappa shape index (κ2) is 10.5. The highest BCUT2D eigenvalue weighted by Crippen LogP contribution is 2.47. The number of fused-ring (bicyclic) bond motifs is 1. The maximum atomic E-state index is 12.1. The van der Waals surface area contributed by atoms with E-state index < -0.39 is 18.0 Å². The van der Waals surface area contributed by atoms with Crippen LogP contribution in [-0.4, -0.2) is 35.0 Å². The number of carboxylic acids is 1. The first-order valence-electron chi connectivity index (χ1n) is 10.2. The fraction of sp³-hybridized carbons (Fsp3) is 0.261. The molecule has 32 heavy (non-hydrogen) atoms. The van der Waals surface area contributed by atoms with Crippen LogP contribution in [0.4, 0.5) is 0 Å². The van der Waals surface area contributed by atoms with Gasteiger partial charge < -0.3 is 25.7 Å². The third-order valence-electron chi connectivity index (χ3n) is 5.15. The molecule has 0 fully saturated rings. The lowest BCUT2D eigenvalue weighted by atomic mass is 9.90. The molecular weight excluding hydrogens is 412 g/mol. The Bertz CT molecular complexity index is 1020. The van der Waals surface area contributed by atoms with Gasteiger partial charge >= 0.3 is 5.97 Å². The van der Waals surface area contributed by atoms with Crippen LogP contribution in [0.5, 0.6) is 11.5 Å². The van der Waals surface area contributed by atoms with Crippen molar-refractivity contribution in [3.05, 3.63) is 65.2 Å². The number of nitrogens with two attached hydrogens (primary N) is 1. The summed E-state index contributed by atoms with van der Waals surface area (Å²) in [5.41, 5.74) is 4.65. The van der Waals surface area contributed by atoms with Crippen molar-refractivity contribution < 1.29 is 24.5 Å². The summed E-state index contributed by atoms with van der Waals surface area (Å²) >= 11 is 0. The van der Waals surface area contributed by atoms with Crippen LogP contribution in [-0.2, 0) is 9.59 Å². The molecule has 1 heterocycles. The van der Waals surface area contributed by atoms with Gasteiger partial charge in [-0.15, -0.1) is 0 Å². The largest absolute Gasteiger partial charge is 0.508 e. The number of aromatic hydroxyl groups is 1. The van der Waals surface area contributed by atoms with Gasteiger partial charge in [0.05, 0.1) is 6.34 Å². The van der Waals surface area contributed by atoms with Crippen LogP contribution in [0.2, 0.25) is 0 Å². The van der Waals surface area contributed by atoms with E-state index >= 15 is 0 Å². The molecule has 3 rings (SSSR count). The van der Waals surface area contributed by atoms with Gasteiger partial charge in [-0.3, -0.25) is 9.59 Å². The van der Waals surface area contributed by atoms with E-state index in [1.54, 1.807) is 30.3 Å². The number of aliphatic carboxylic acids is 1. The Balaban J connectivity index is 1.95. The van der Waals surface area contributed by atoms with E-state index in [9.17, 15) is 19.8 Å². The van der Waals surface area contributed by atoms with Crippen LogP contribution in [0.15, 0.2) is 53.5 Å². The van der Waals surface area contributed by atoms with Crippen molar-refractivity contribution in [1.82, 2.24) is 10.7 Å². The smallest absolute Gasteiger partial charge is 0.315 e. The fourth-order valence-electron chi connectivity index (χ4n) is 3.69. The van der Waals surface area contributed by atoms with E-state index in [1.807, 2.05) is 6.92 Å². The maximum Gasteiger partial charge on any atom is 0.315 e. The number of phenols is 1. The summed E-state index contributed by atoms with van der Waals surface area (Å²) < 4.78 is 5.96. The van der Waals surface area contributed by atoms with E-state index in [2.05, 4.69) is 15.7 Å². The molecule has 0 radical (unpaired) electrons. The summed E-state index contributed by atoms with van der Waals surface area (Å²) in [6.45, 7) is 2.01. The lowest BCUT2D eigenvalue weighted by molar-refractivity contribution is -0.140. The number of hydrogen-bond acceptors (Lipinski definition) is 7. The highest BCUT2D eigenvalue weighted by atomic mass is 16.5. The number of phenolic OH excluding ortho intramolecular Hbond substituents is 1. The van der Waals surface area contributed by atoms with Crippen LogP contribution in [0.1, 0.15) is 48.5 Å². The molecule has 0 amide bonds. The average Bonchev–Trinajstić information content (AvgIpc) is 3.16. The van der Waals surface area contributed by atoms with Crippen LogP contribution in [0.3, 0.4) is 0 Å². The van der Waals surface area contributed by atoms with Gasteiger partial charge in [0.2, 0.25) is 0 Å². The molecule has 6 N–H and O–H groups in total. The summed E-state index contributed by atoms with van der Waals surface area (Å²) in [5.74, 6) is 3.83. The van der Waals surface area contributed by atoms with Gasteiger partial charge in [-0.2, -0.15) is 0 Å². The topological polar surface area (TPSA) is 146 Å². The standard InChI is InChI=1S/C23H26N4O5/c1-2-3-20(25-13-26-24)27-18(10-11-28)15-6-9-19-17(12-15)21(23(30)31)22(32-19)14-4-7-16(29)8-5-14/h4-13,20-22,27,29H,2-3,24H2,1H3,(H,25,26)(H,30,31). The quantitative estimate of drug-likeness (QED) is 0.0949. The first-order chi connectivity index (χ1) is 15.5. The Morgan fingerprint density at radius 2 is 2.03 bits per heavy atom. The van der Waals surface area contributed by atoms with E-state index in [1.165, 1.54) is 24.5 Å². The Morgan fingerprint density at radius 1 is 1.28 bits per heavy atom. The summed E-state index contributed by atoms with van der Waals surface area (Å²) in [6, 6.07) is 11.4. The number of nitrogens with one attached hydrogen (secondary N) is 2. The molecule has 9 heteroatoms. The van der Waals surface area contributed by atoms with Gasteiger partial charge in [0.25, 0.3) is 0 Å². The minimum Gasteiger partial charge on any atom is -0.508 e. The van der Waals surface area contributed by atoms with Crippen molar-refractivity contribution in [1.29, 1.82) is 0 Å². The first kappa shape index (κ1) is 22.8. The molecule has 2 aromatic carbocycles. The van der Waals surface area contributed by atoms with Crippen molar-refractivity contribution in [3.63, 3.8) is 0 Å². The molecule has 168 valence electrons. The molecule has 0 saturated carbocycles. The number of carbonyl (C=O) groups is 2. The van der Waals surface area contributed by atoms with Crippen LogP contribution in [0, 0.1) is 0 Å². The fourth-order valence-corrected chi connectivity index (χ4v) is 3.69. The van der Waals surface area contributed by atoms with Gasteiger partial charge in [-0.05, 0) is 47.9 Å². The summed E-state index contributed by atoms with van der Waals surface area (Å²) in [7, 11) is 0. The molecule has 9 nitrogen and oxygen atoms in total. The molecule has 0 spiro atoms. The third kappa shape index (κ3) is 5.06. The first-order valence-corrected chi connectivity index (χ1v) is 10.2. The third-order valence-corrected chi connectivity index (χ3v) is 5.15. The van der Waals surface area contributed by atoms with E-state index in [0.29, 0.717) is 40.8 Å². The van der Waals surface area contributed by atoms with Crippen molar-refractivity contribution in [2.24, 2.45) is 10.8 Å². The predicted octanol–water partition coefficient (Wildman–Crippen LogP) is 2.44. The molecule has 3 unspecified atom stereocenters. The predicted molar refractivity (Wildman–Crippen MR) is 120 cm³/mol. The van der Waals surface area contributed by atoms with Gasteiger partial charge in [-0.1, -0.05) is 25.5 Å². The molecule has 0 bridgehead atoms. The van der Waals surface area contributed by atoms with Crippen molar-refractivity contribution >= 4 is 24.3 Å². The minimum absolute atomic E-state index is 0.0854. The van der Waals surface area contributed by atoms with E-state index in [0.717, 1.165) is 6.42 Å². The number of rotatable bonds is 10. The molecule has 3 atom stereocenters. The number of nitrogens with zero attached hydrogens (tertiary/aromatic N) is 1. The lowest BCUT2D eigenvalue weighted by Gasteiger charge is -2.18. The second-order valence-electron chi connectivity index (χ2n) is 7.31. The zero-order chi connectivity index (χ0) is 23.1. The summed E-state index contributed by atoms with van der Waals surface area (Å²) in [4.78, 5) is 27.7. The SMILES string of the molecule is CCCC(N=CNN)NC(=CC=O)c1ccc2c(c1)C(C(=O)O)C(c1ccc(O)cc1)O2. The number of ether oxygens (including phenoxy) is 1. The number of allylic oxidation sites excluding steroid dienone is 1. The summed E-state index contributed by atoms with van der Waals surface area (Å²) in [6.07, 6.45) is 3.88. The number of hydrogen-bond donors (Lipinski definition) is 5. The van der Waals surface area contributed by atoms with Crippen molar-refractivity contribution in [2.45, 2.75) is 38.0 Å². The lowest BCUT2D eigenvalue weighted by Crippen LogP contribution is -2.29. The summed E-state index contributed by atoms with van der Waals surface area (Å²) in [5, 5.41) is 22.7. The van der Waals surface area contributed by atoms with Crippen LogP contribution < -0.4 is 21.3 Å². The van der Waals surface area contributed by atoms with Crippen LogP contribution >= 0.6 is 0 Å². The zero-order valence-electron chi connectivity index (χ0n) is 17.6. The monoisotopic (exact) mass is 438 g/mol. The Labute approximate surface area is 185 Å². The molecule has 1 aliphatic heterocycles. The molecule has 2 aromatic rings. The Kier molecular flexibility index (Phi) is 7.45. The highest BCUT2D eigenvalue weighted by molar-refractivity contribution is 5.84. The number of carboxylic acid groups (broad SMARTS) is 1. The minimum atomic E-state index is -1.03. The van der Waals surface area contributed by atoms with Crippen molar-refractivity contribution in [3.8, 4) is 11.5 Å². The zero-order valence-corrected chi connectivity index (χ0v) is 17.6. The molecule has 0 saturated heterocycles. The highest BCUT2D eigenvalue weighted by Gasteiger charge is 2.41. The van der Waals surface area contributed by atoms with E-state index in [-0.39, 0.29) is 11.9 Å².